The van der Waals surface area contributed by atoms with Crippen molar-refractivity contribution in [1.82, 2.24) is 15.0 Å². The zero-order valence-corrected chi connectivity index (χ0v) is 17.7. The van der Waals surface area contributed by atoms with Crippen LogP contribution in [0.25, 0.3) is 20.4 Å². The summed E-state index contributed by atoms with van der Waals surface area (Å²) in [4.78, 5) is 15.4. The average Bonchev–Trinajstić information content (AvgIpc) is 3.00. The SMILES string of the molecule is C/C(Cl)=C\CSc1ncnc2c1sc1nc(C(C)C)c3c(c12)CCCC3. The molecule has 1 aliphatic carbocycles. The molecule has 0 amide bonds. The van der Waals surface area contributed by atoms with Crippen molar-refractivity contribution in [2.24, 2.45) is 0 Å². The van der Waals surface area contributed by atoms with Gasteiger partial charge in [0.05, 0.1) is 10.2 Å². The van der Waals surface area contributed by atoms with Crippen molar-refractivity contribution in [3.05, 3.63) is 34.3 Å². The molecule has 0 saturated carbocycles. The van der Waals surface area contributed by atoms with Crippen LogP contribution in [0.5, 0.6) is 0 Å². The average molecular weight is 404 g/mol. The van der Waals surface area contributed by atoms with Gasteiger partial charge in [-0.1, -0.05) is 31.5 Å². The largest absolute Gasteiger partial charge is 0.241 e. The maximum absolute atomic E-state index is 5.96. The molecule has 0 radical (unpaired) electrons. The molecule has 0 saturated heterocycles. The minimum absolute atomic E-state index is 0.452. The first-order chi connectivity index (χ1) is 12.6. The van der Waals surface area contributed by atoms with Crippen LogP contribution in [0.3, 0.4) is 0 Å². The Morgan fingerprint density at radius 2 is 2.04 bits per heavy atom. The van der Waals surface area contributed by atoms with Crippen molar-refractivity contribution in [2.45, 2.75) is 57.4 Å². The summed E-state index contributed by atoms with van der Waals surface area (Å²) in [5.41, 5.74) is 5.32. The van der Waals surface area contributed by atoms with Crippen molar-refractivity contribution in [1.29, 1.82) is 0 Å². The fraction of sp³-hybridized carbons (Fsp3) is 0.450. The fourth-order valence-electron chi connectivity index (χ4n) is 3.68. The third kappa shape index (κ3) is 3.25. The standard InChI is InChI=1S/C20H22ClN3S2/c1-11(2)16-14-7-5-4-6-13(14)15-17-18(26-19(15)24-16)20(23-10-22-17)25-9-8-12(3)21/h8,10-11H,4-7,9H2,1-3H3/b12-8+. The Balaban J connectivity index is 1.93. The molecular formula is C20H22ClN3S2. The summed E-state index contributed by atoms with van der Waals surface area (Å²) in [7, 11) is 0. The van der Waals surface area contributed by atoms with E-state index in [9.17, 15) is 0 Å². The number of thiophene rings is 1. The Morgan fingerprint density at radius 3 is 2.77 bits per heavy atom. The molecule has 0 fully saturated rings. The first kappa shape index (κ1) is 18.2. The lowest BCUT2D eigenvalue weighted by Gasteiger charge is -2.21. The number of hydrogen-bond donors (Lipinski definition) is 0. The second-order valence-corrected chi connectivity index (χ2v) is 9.66. The van der Waals surface area contributed by atoms with E-state index in [4.69, 9.17) is 16.6 Å². The van der Waals surface area contributed by atoms with Gasteiger partial charge in [0, 0.05) is 21.9 Å². The molecule has 26 heavy (non-hydrogen) atoms. The molecule has 0 bridgehead atoms. The molecule has 0 atom stereocenters. The van der Waals surface area contributed by atoms with Crippen LogP contribution < -0.4 is 0 Å². The van der Waals surface area contributed by atoms with E-state index in [2.05, 4.69) is 23.8 Å². The van der Waals surface area contributed by atoms with E-state index in [0.29, 0.717) is 5.92 Å². The summed E-state index contributed by atoms with van der Waals surface area (Å²) < 4.78 is 1.16. The summed E-state index contributed by atoms with van der Waals surface area (Å²) in [5.74, 6) is 1.27. The summed E-state index contributed by atoms with van der Waals surface area (Å²) in [5, 5.41) is 3.12. The zero-order chi connectivity index (χ0) is 18.3. The molecule has 6 heteroatoms. The van der Waals surface area contributed by atoms with Gasteiger partial charge in [-0.2, -0.15) is 0 Å². The molecule has 1 aliphatic rings. The third-order valence-corrected chi connectivity index (χ3v) is 7.13. The number of aryl methyl sites for hydroxylation is 1. The Hall–Kier alpha value is -1.17. The number of halogens is 1. The van der Waals surface area contributed by atoms with E-state index in [0.717, 1.165) is 43.7 Å². The van der Waals surface area contributed by atoms with E-state index in [1.54, 1.807) is 29.4 Å². The van der Waals surface area contributed by atoms with Crippen molar-refractivity contribution in [3.63, 3.8) is 0 Å². The minimum atomic E-state index is 0.452. The maximum atomic E-state index is 5.96. The Bertz CT molecular complexity index is 1000. The zero-order valence-electron chi connectivity index (χ0n) is 15.3. The molecule has 0 unspecified atom stereocenters. The highest BCUT2D eigenvalue weighted by Gasteiger charge is 2.24. The normalized spacial score (nSPS) is 15.2. The smallest absolute Gasteiger partial charge is 0.126 e. The highest BCUT2D eigenvalue weighted by Crippen LogP contribution is 2.42. The van der Waals surface area contributed by atoms with Crippen LogP contribution in [0, 0.1) is 0 Å². The number of rotatable bonds is 4. The van der Waals surface area contributed by atoms with Crippen LogP contribution in [0.15, 0.2) is 22.5 Å². The summed E-state index contributed by atoms with van der Waals surface area (Å²) in [6.45, 7) is 6.40. The van der Waals surface area contributed by atoms with Gasteiger partial charge in [0.2, 0.25) is 0 Å². The summed E-state index contributed by atoms with van der Waals surface area (Å²) in [6, 6.07) is 0. The monoisotopic (exact) mass is 403 g/mol. The molecule has 3 heterocycles. The van der Waals surface area contributed by atoms with Crippen LogP contribution in [-0.2, 0) is 12.8 Å². The number of pyridine rings is 1. The first-order valence-electron chi connectivity index (χ1n) is 9.10. The molecule has 3 aromatic heterocycles. The summed E-state index contributed by atoms with van der Waals surface area (Å²) >= 11 is 9.41. The van der Waals surface area contributed by atoms with Gasteiger partial charge in [-0.15, -0.1) is 23.1 Å². The highest BCUT2D eigenvalue weighted by atomic mass is 35.5. The van der Waals surface area contributed by atoms with E-state index in [-0.39, 0.29) is 0 Å². The number of fused-ring (bicyclic) bond motifs is 5. The van der Waals surface area contributed by atoms with Crippen LogP contribution in [0.4, 0.5) is 0 Å². The molecule has 0 N–H and O–H groups in total. The molecule has 0 aromatic carbocycles. The van der Waals surface area contributed by atoms with Gasteiger partial charge in [-0.3, -0.25) is 0 Å². The van der Waals surface area contributed by atoms with Gasteiger partial charge in [0.1, 0.15) is 16.2 Å². The van der Waals surface area contributed by atoms with Crippen LogP contribution in [0.2, 0.25) is 0 Å². The minimum Gasteiger partial charge on any atom is -0.241 e. The van der Waals surface area contributed by atoms with Gasteiger partial charge in [0.15, 0.2) is 0 Å². The number of aromatic nitrogens is 3. The number of nitrogens with zero attached hydrogens (tertiary/aromatic N) is 3. The van der Waals surface area contributed by atoms with E-state index >= 15 is 0 Å². The van der Waals surface area contributed by atoms with Gasteiger partial charge < -0.3 is 0 Å². The quantitative estimate of drug-likeness (QED) is 0.369. The van der Waals surface area contributed by atoms with E-state index in [1.165, 1.54) is 35.0 Å². The van der Waals surface area contributed by atoms with Crippen molar-refractivity contribution >= 4 is 55.1 Å². The number of allylic oxidation sites excluding steroid dienone is 1. The Labute approximate surface area is 167 Å². The highest BCUT2D eigenvalue weighted by molar-refractivity contribution is 7.99. The lowest BCUT2D eigenvalue weighted by molar-refractivity contribution is 0.667. The Morgan fingerprint density at radius 1 is 1.27 bits per heavy atom. The lowest BCUT2D eigenvalue weighted by atomic mass is 9.86. The van der Waals surface area contributed by atoms with Gasteiger partial charge in [-0.25, -0.2) is 15.0 Å². The predicted octanol–water partition coefficient (Wildman–Crippen LogP) is 6.48. The molecule has 0 spiro atoms. The molecule has 0 aliphatic heterocycles. The van der Waals surface area contributed by atoms with Crippen molar-refractivity contribution < 1.29 is 0 Å². The number of thioether (sulfide) groups is 1. The van der Waals surface area contributed by atoms with Crippen LogP contribution >= 0.6 is 34.7 Å². The van der Waals surface area contributed by atoms with Crippen LogP contribution in [0.1, 0.15) is 56.4 Å². The number of hydrogen-bond acceptors (Lipinski definition) is 5. The van der Waals surface area contributed by atoms with E-state index in [1.807, 2.05) is 13.0 Å². The molecule has 4 rings (SSSR count). The fourth-order valence-corrected chi connectivity index (χ4v) is 6.05. The molecule has 3 nitrogen and oxygen atoms in total. The van der Waals surface area contributed by atoms with Crippen LogP contribution in [-0.4, -0.2) is 20.7 Å². The lowest BCUT2D eigenvalue weighted by Crippen LogP contribution is -2.10. The van der Waals surface area contributed by atoms with E-state index < -0.39 is 0 Å². The molecule has 136 valence electrons. The van der Waals surface area contributed by atoms with Crippen molar-refractivity contribution in [3.8, 4) is 0 Å². The summed E-state index contributed by atoms with van der Waals surface area (Å²) in [6.07, 6.45) is 8.52. The molecular weight excluding hydrogens is 382 g/mol. The second kappa shape index (κ2) is 7.45. The first-order valence-corrected chi connectivity index (χ1v) is 11.3. The van der Waals surface area contributed by atoms with Gasteiger partial charge in [-0.05, 0) is 49.7 Å². The molecule has 3 aromatic rings. The second-order valence-electron chi connectivity index (χ2n) is 7.06. The van der Waals surface area contributed by atoms with Crippen molar-refractivity contribution in [2.75, 3.05) is 5.75 Å². The third-order valence-electron chi connectivity index (χ3n) is 4.85. The van der Waals surface area contributed by atoms with Gasteiger partial charge >= 0.3 is 0 Å². The van der Waals surface area contributed by atoms with Gasteiger partial charge in [0.25, 0.3) is 0 Å². The topological polar surface area (TPSA) is 38.7 Å². The predicted molar refractivity (Wildman–Crippen MR) is 114 cm³/mol. The Kier molecular flexibility index (Phi) is 5.22. The maximum Gasteiger partial charge on any atom is 0.126 e.